The molecule has 64 valence electrons. The summed E-state index contributed by atoms with van der Waals surface area (Å²) in [4.78, 5) is 0. The third-order valence-electron chi connectivity index (χ3n) is 0.957. The average molecular weight is 205 g/mol. The minimum absolute atomic E-state index is 1.36. The van der Waals surface area contributed by atoms with E-state index in [1.807, 2.05) is 0 Å². The van der Waals surface area contributed by atoms with Crippen LogP contribution in [0.2, 0.25) is 0 Å². The van der Waals surface area contributed by atoms with Gasteiger partial charge in [0.25, 0.3) is 0 Å². The second kappa shape index (κ2) is 12.6. The standard InChI is InChI=1S/C6H14.Cl2OS/c1-3-5-6-4-2;1-4(2)3/h3-6H2,1-2H3;. The maximum atomic E-state index is 9.09. The number of hydrogen-bond acceptors (Lipinski definition) is 1. The number of hydrogen-bond donors (Lipinski definition) is 0. The van der Waals surface area contributed by atoms with E-state index in [2.05, 4.69) is 35.2 Å². The fourth-order valence-corrected chi connectivity index (χ4v) is 0.500. The van der Waals surface area contributed by atoms with Crippen LogP contribution in [0, 0.1) is 0 Å². The molecule has 10 heavy (non-hydrogen) atoms. The molecule has 0 saturated heterocycles. The van der Waals surface area contributed by atoms with E-state index in [9.17, 15) is 0 Å². The quantitative estimate of drug-likeness (QED) is 0.509. The summed E-state index contributed by atoms with van der Waals surface area (Å²) in [5.41, 5.74) is 0. The lowest BCUT2D eigenvalue weighted by Crippen LogP contribution is -1.66. The van der Waals surface area contributed by atoms with Gasteiger partial charge in [0.15, 0.2) is 31.0 Å². The van der Waals surface area contributed by atoms with Gasteiger partial charge >= 0.3 is 0 Å². The van der Waals surface area contributed by atoms with E-state index in [1.54, 1.807) is 0 Å². The summed E-state index contributed by atoms with van der Waals surface area (Å²) >= 11 is 0. The Kier molecular flexibility index (Phi) is 16.9. The molecule has 0 aliphatic carbocycles. The highest BCUT2D eigenvalue weighted by Gasteiger charge is 1.83. The van der Waals surface area contributed by atoms with Gasteiger partial charge in [-0.1, -0.05) is 39.5 Å². The van der Waals surface area contributed by atoms with Gasteiger partial charge in [0.2, 0.25) is 0 Å². The van der Waals surface area contributed by atoms with Crippen LogP contribution >= 0.6 is 21.4 Å². The van der Waals surface area contributed by atoms with Crippen molar-refractivity contribution in [3.8, 4) is 0 Å². The fourth-order valence-electron chi connectivity index (χ4n) is 0.500. The van der Waals surface area contributed by atoms with E-state index in [4.69, 9.17) is 4.55 Å². The molecular formula is C6H14Cl2OS. The third-order valence-corrected chi connectivity index (χ3v) is 0.957. The Morgan fingerprint density at radius 3 is 1.40 bits per heavy atom. The molecule has 4 heteroatoms. The normalized spacial score (nSPS) is 9.00. The zero-order valence-electron chi connectivity index (χ0n) is 6.40. The first kappa shape index (κ1) is 13.5. The van der Waals surface area contributed by atoms with E-state index < -0.39 is 9.60 Å². The van der Waals surface area contributed by atoms with Crippen molar-refractivity contribution in [1.82, 2.24) is 0 Å². The summed E-state index contributed by atoms with van der Waals surface area (Å²) in [6.45, 7) is 4.46. The van der Waals surface area contributed by atoms with Crippen LogP contribution in [0.3, 0.4) is 0 Å². The Hall–Kier alpha value is 0.890. The van der Waals surface area contributed by atoms with Crippen LogP contribution in [0.25, 0.3) is 0 Å². The van der Waals surface area contributed by atoms with Gasteiger partial charge in [-0.15, -0.1) is 0 Å². The van der Waals surface area contributed by atoms with Crippen LogP contribution in [0.4, 0.5) is 0 Å². The van der Waals surface area contributed by atoms with Crippen LogP contribution in [0.1, 0.15) is 39.5 Å². The van der Waals surface area contributed by atoms with Crippen molar-refractivity contribution in [3.63, 3.8) is 0 Å². The molecule has 0 aliphatic heterocycles. The molecule has 0 bridgehead atoms. The average Bonchev–Trinajstić information content (AvgIpc) is 1.82. The van der Waals surface area contributed by atoms with Crippen LogP contribution < -0.4 is 0 Å². The van der Waals surface area contributed by atoms with Gasteiger partial charge in [0.1, 0.15) is 0 Å². The van der Waals surface area contributed by atoms with Crippen molar-refractivity contribution >= 4 is 31.0 Å². The largest absolute Gasteiger partial charge is 0.582 e. The molecule has 0 aliphatic rings. The topological polar surface area (TPSA) is 23.1 Å². The molecule has 0 unspecified atom stereocenters. The fraction of sp³-hybridized carbons (Fsp3) is 1.00. The van der Waals surface area contributed by atoms with E-state index in [-0.39, 0.29) is 0 Å². The Morgan fingerprint density at radius 2 is 1.30 bits per heavy atom. The molecule has 1 nitrogen and oxygen atoms in total. The summed E-state index contributed by atoms with van der Waals surface area (Å²) in [5.74, 6) is 0. The summed E-state index contributed by atoms with van der Waals surface area (Å²) in [6, 6.07) is 0. The highest BCUT2D eigenvalue weighted by atomic mass is 36.0. The number of rotatable bonds is 3. The maximum absolute atomic E-state index is 9.09. The zero-order valence-corrected chi connectivity index (χ0v) is 8.73. The summed E-state index contributed by atoms with van der Waals surface area (Å²) in [5, 5.41) is 0. The molecule has 0 aromatic rings. The molecule has 0 fully saturated rings. The first-order chi connectivity index (χ1) is 4.65. The van der Waals surface area contributed by atoms with E-state index in [0.717, 1.165) is 0 Å². The molecule has 0 aromatic carbocycles. The van der Waals surface area contributed by atoms with Gasteiger partial charge in [-0.25, -0.2) is 0 Å². The van der Waals surface area contributed by atoms with Gasteiger partial charge in [0.05, 0.1) is 0 Å². The minimum atomic E-state index is -1.67. The second-order valence-corrected chi connectivity index (χ2v) is 4.42. The number of halogens is 2. The lowest BCUT2D eigenvalue weighted by molar-refractivity contribution is 0.620. The van der Waals surface area contributed by atoms with E-state index >= 15 is 0 Å². The molecule has 0 aromatic heterocycles. The molecule has 0 amide bonds. The molecule has 0 N–H and O–H groups in total. The molecule has 0 rings (SSSR count). The highest BCUT2D eigenvalue weighted by Crippen LogP contribution is 1.98. The first-order valence-electron chi connectivity index (χ1n) is 3.39. The molecule has 0 spiro atoms. The van der Waals surface area contributed by atoms with Crippen molar-refractivity contribution in [2.24, 2.45) is 0 Å². The highest BCUT2D eigenvalue weighted by molar-refractivity contribution is 8.31. The lowest BCUT2D eigenvalue weighted by Gasteiger charge is -1.86. The zero-order chi connectivity index (χ0) is 8.41. The van der Waals surface area contributed by atoms with Crippen molar-refractivity contribution in [3.05, 3.63) is 0 Å². The van der Waals surface area contributed by atoms with Gasteiger partial charge < -0.3 is 4.55 Å². The molecular weight excluding hydrogens is 191 g/mol. The minimum Gasteiger partial charge on any atom is -0.582 e. The van der Waals surface area contributed by atoms with Crippen molar-refractivity contribution in [1.29, 1.82) is 0 Å². The Bertz CT molecular complexity index is 46.3. The lowest BCUT2D eigenvalue weighted by atomic mass is 10.2. The molecule has 0 radical (unpaired) electrons. The van der Waals surface area contributed by atoms with Crippen molar-refractivity contribution in [2.75, 3.05) is 0 Å². The Balaban J connectivity index is 0. The van der Waals surface area contributed by atoms with E-state index in [0.29, 0.717) is 0 Å². The Labute approximate surface area is 75.3 Å². The molecule has 0 atom stereocenters. The third kappa shape index (κ3) is 36.6. The van der Waals surface area contributed by atoms with Crippen LogP contribution in [0.5, 0.6) is 0 Å². The number of unbranched alkanes of at least 4 members (excludes halogenated alkanes) is 3. The Morgan fingerprint density at radius 1 is 1.10 bits per heavy atom. The second-order valence-electron chi connectivity index (χ2n) is 1.89. The van der Waals surface area contributed by atoms with Crippen molar-refractivity contribution < 1.29 is 4.55 Å². The SMILES string of the molecule is CCCCCC.[O-][S+](Cl)Cl. The van der Waals surface area contributed by atoms with Gasteiger partial charge in [0, 0.05) is 0 Å². The van der Waals surface area contributed by atoms with Crippen LogP contribution in [0.15, 0.2) is 0 Å². The monoisotopic (exact) mass is 204 g/mol. The predicted molar refractivity (Wildman–Crippen MR) is 49.7 cm³/mol. The smallest absolute Gasteiger partial charge is 0.198 e. The van der Waals surface area contributed by atoms with Gasteiger partial charge in [-0.3, -0.25) is 0 Å². The summed E-state index contributed by atoms with van der Waals surface area (Å²) in [7, 11) is 7.36. The first-order valence-corrected chi connectivity index (χ1v) is 6.19. The van der Waals surface area contributed by atoms with Gasteiger partial charge in [-0.05, 0) is 0 Å². The summed E-state index contributed by atoms with van der Waals surface area (Å²) < 4.78 is 9.09. The maximum Gasteiger partial charge on any atom is 0.198 e. The molecule has 0 heterocycles. The van der Waals surface area contributed by atoms with Crippen LogP contribution in [-0.4, -0.2) is 4.55 Å². The van der Waals surface area contributed by atoms with Gasteiger partial charge in [-0.2, -0.15) is 0 Å². The summed E-state index contributed by atoms with van der Waals surface area (Å²) in [6.07, 6.45) is 5.54. The van der Waals surface area contributed by atoms with Crippen LogP contribution in [-0.2, 0) is 9.60 Å². The predicted octanol–water partition coefficient (Wildman–Crippen LogP) is 3.63. The molecule has 0 saturated carbocycles. The van der Waals surface area contributed by atoms with E-state index in [1.165, 1.54) is 25.7 Å². The van der Waals surface area contributed by atoms with Crippen molar-refractivity contribution in [2.45, 2.75) is 39.5 Å².